The molecule has 0 aromatic carbocycles. The Bertz CT molecular complexity index is 729. The fourth-order valence-electron chi connectivity index (χ4n) is 6.39. The lowest BCUT2D eigenvalue weighted by molar-refractivity contribution is -0.150. The Morgan fingerprint density at radius 2 is 1.04 bits per heavy atom. The van der Waals surface area contributed by atoms with Crippen LogP contribution in [0.3, 0.4) is 0 Å². The van der Waals surface area contributed by atoms with Crippen LogP contribution < -0.4 is 0 Å². The van der Waals surface area contributed by atoms with Crippen LogP contribution in [-0.4, -0.2) is 67.7 Å². The highest BCUT2D eigenvalue weighted by atomic mass is 16.7. The molecule has 0 rings (SSSR count). The van der Waals surface area contributed by atoms with Gasteiger partial charge in [0.1, 0.15) is 6.10 Å². The van der Waals surface area contributed by atoms with Crippen molar-refractivity contribution < 1.29 is 28.9 Å². The van der Waals surface area contributed by atoms with Crippen molar-refractivity contribution in [1.82, 2.24) is 4.90 Å². The molecule has 0 bridgehead atoms. The number of ether oxygens (including phenoxy) is 3. The molecule has 0 radical (unpaired) electrons. The fourth-order valence-corrected chi connectivity index (χ4v) is 6.39. The third-order valence-electron chi connectivity index (χ3n) is 9.55. The van der Waals surface area contributed by atoms with Crippen LogP contribution in [0.4, 0.5) is 4.79 Å². The summed E-state index contributed by atoms with van der Waals surface area (Å²) < 4.78 is 16.4. The molecule has 0 aromatic rings. The molecule has 0 saturated carbocycles. The molecule has 50 heavy (non-hydrogen) atoms. The minimum absolute atomic E-state index is 0.00424. The lowest BCUT2D eigenvalue weighted by Crippen LogP contribution is -2.29. The second-order valence-corrected chi connectivity index (χ2v) is 14.4. The van der Waals surface area contributed by atoms with Gasteiger partial charge in [-0.3, -0.25) is 4.79 Å². The number of rotatable bonds is 39. The predicted octanol–water partition coefficient (Wildman–Crippen LogP) is 12.3. The summed E-state index contributed by atoms with van der Waals surface area (Å²) in [5, 5.41) is 9.52. The molecule has 0 atom stereocenters. The lowest BCUT2D eigenvalue weighted by atomic mass is 10.0. The molecule has 0 unspecified atom stereocenters. The van der Waals surface area contributed by atoms with E-state index in [1.165, 1.54) is 77.0 Å². The second kappa shape index (κ2) is 40.2. The Morgan fingerprint density at radius 1 is 0.560 bits per heavy atom. The number of esters is 1. The van der Waals surface area contributed by atoms with Crippen molar-refractivity contribution in [1.29, 1.82) is 0 Å². The van der Waals surface area contributed by atoms with Crippen molar-refractivity contribution in [2.45, 2.75) is 213 Å². The normalized spacial score (nSPS) is 11.6. The van der Waals surface area contributed by atoms with Gasteiger partial charge in [0, 0.05) is 13.0 Å². The standard InChI is InChI=1S/C43H83NO6/c1-4-7-10-13-16-23-30-39-48-43(47)49-40-31-24-22-29-36-44(37-38-45)35-28-21-17-20-27-34-42(46)50-41(32-25-18-14-11-8-5-2)33-26-19-15-12-9-6-3/h7,10,41,45H,4-6,8-9,11-40H2,1-3H3/b10-7-. The lowest BCUT2D eigenvalue weighted by Gasteiger charge is -2.21. The van der Waals surface area contributed by atoms with E-state index in [4.69, 9.17) is 14.2 Å². The van der Waals surface area contributed by atoms with E-state index in [0.29, 0.717) is 19.6 Å². The number of hydrogen-bond donors (Lipinski definition) is 1. The molecule has 296 valence electrons. The topological polar surface area (TPSA) is 85.3 Å². The molecule has 0 amide bonds. The second-order valence-electron chi connectivity index (χ2n) is 14.4. The van der Waals surface area contributed by atoms with Crippen molar-refractivity contribution in [2.75, 3.05) is 39.5 Å². The van der Waals surface area contributed by atoms with E-state index in [2.05, 4.69) is 37.8 Å². The molecule has 7 nitrogen and oxygen atoms in total. The summed E-state index contributed by atoms with van der Waals surface area (Å²) in [4.78, 5) is 26.8. The van der Waals surface area contributed by atoms with Gasteiger partial charge in [0.15, 0.2) is 0 Å². The molecule has 7 heteroatoms. The molecular formula is C43H83NO6. The zero-order valence-corrected chi connectivity index (χ0v) is 33.4. The van der Waals surface area contributed by atoms with Gasteiger partial charge in [0.2, 0.25) is 0 Å². The van der Waals surface area contributed by atoms with Crippen LogP contribution in [0.1, 0.15) is 207 Å². The molecule has 0 spiro atoms. The summed E-state index contributed by atoms with van der Waals surface area (Å²) in [5.41, 5.74) is 0. The first-order valence-electron chi connectivity index (χ1n) is 21.5. The number of nitrogens with zero attached hydrogens (tertiary/aromatic N) is 1. The molecule has 0 aliphatic heterocycles. The van der Waals surface area contributed by atoms with E-state index in [1.54, 1.807) is 0 Å². The Labute approximate surface area is 310 Å². The van der Waals surface area contributed by atoms with Crippen LogP contribution in [0.25, 0.3) is 0 Å². The predicted molar refractivity (Wildman–Crippen MR) is 211 cm³/mol. The molecule has 0 saturated heterocycles. The van der Waals surface area contributed by atoms with Crippen LogP contribution in [0.5, 0.6) is 0 Å². The third kappa shape index (κ3) is 36.2. The van der Waals surface area contributed by atoms with Crippen molar-refractivity contribution in [3.63, 3.8) is 0 Å². The van der Waals surface area contributed by atoms with Gasteiger partial charge < -0.3 is 24.2 Å². The largest absolute Gasteiger partial charge is 0.508 e. The zero-order chi connectivity index (χ0) is 36.6. The maximum atomic E-state index is 12.7. The summed E-state index contributed by atoms with van der Waals surface area (Å²) in [7, 11) is 0. The van der Waals surface area contributed by atoms with E-state index in [1.807, 2.05) is 0 Å². The summed E-state index contributed by atoms with van der Waals surface area (Å²) in [5.74, 6) is 0.00424. The Morgan fingerprint density at radius 3 is 1.58 bits per heavy atom. The highest BCUT2D eigenvalue weighted by molar-refractivity contribution is 5.69. The Balaban J connectivity index is 3.95. The molecular weight excluding hydrogens is 626 g/mol. The number of aliphatic hydroxyl groups is 1. The van der Waals surface area contributed by atoms with Gasteiger partial charge in [-0.15, -0.1) is 0 Å². The summed E-state index contributed by atoms with van der Waals surface area (Å²) >= 11 is 0. The third-order valence-corrected chi connectivity index (χ3v) is 9.55. The molecule has 0 fully saturated rings. The van der Waals surface area contributed by atoms with E-state index in [-0.39, 0.29) is 18.7 Å². The van der Waals surface area contributed by atoms with Gasteiger partial charge in [-0.05, 0) is 96.6 Å². The number of allylic oxidation sites excluding steroid dienone is 2. The SMILES string of the molecule is CC/C=C\CCCCCOC(=O)OCCCCCCN(CCO)CCCCCCCC(=O)OC(CCCCCCCC)CCCCCCCC. The summed E-state index contributed by atoms with van der Waals surface area (Å²) in [6.07, 6.45) is 36.6. The maximum absolute atomic E-state index is 12.7. The summed E-state index contributed by atoms with van der Waals surface area (Å²) in [6, 6.07) is 0. The first-order valence-corrected chi connectivity index (χ1v) is 21.5. The average molecular weight is 710 g/mol. The van der Waals surface area contributed by atoms with E-state index < -0.39 is 6.16 Å². The van der Waals surface area contributed by atoms with Crippen molar-refractivity contribution in [2.24, 2.45) is 0 Å². The smallest absolute Gasteiger partial charge is 0.462 e. The number of aliphatic hydroxyl groups excluding tert-OH is 1. The van der Waals surface area contributed by atoms with Gasteiger partial charge >= 0.3 is 12.1 Å². The highest BCUT2D eigenvalue weighted by Crippen LogP contribution is 2.18. The number of unbranched alkanes of at least 4 members (excludes halogenated alkanes) is 20. The first-order chi connectivity index (χ1) is 24.6. The van der Waals surface area contributed by atoms with Crippen LogP contribution in [0, 0.1) is 0 Å². The van der Waals surface area contributed by atoms with E-state index in [9.17, 15) is 14.7 Å². The molecule has 0 aliphatic carbocycles. The van der Waals surface area contributed by atoms with Gasteiger partial charge in [-0.2, -0.15) is 0 Å². The maximum Gasteiger partial charge on any atom is 0.508 e. The summed E-state index contributed by atoms with van der Waals surface area (Å²) in [6.45, 7) is 10.4. The minimum Gasteiger partial charge on any atom is -0.462 e. The monoisotopic (exact) mass is 710 g/mol. The van der Waals surface area contributed by atoms with Crippen LogP contribution >= 0.6 is 0 Å². The number of carbonyl (C=O) groups excluding carboxylic acids is 2. The number of carbonyl (C=O) groups is 2. The Kier molecular flexibility index (Phi) is 38.9. The van der Waals surface area contributed by atoms with Crippen LogP contribution in [-0.2, 0) is 19.0 Å². The van der Waals surface area contributed by atoms with Crippen LogP contribution in [0.15, 0.2) is 12.2 Å². The number of hydrogen-bond acceptors (Lipinski definition) is 7. The fraction of sp³-hybridized carbons (Fsp3) is 0.907. The van der Waals surface area contributed by atoms with Gasteiger partial charge in [0.05, 0.1) is 19.8 Å². The minimum atomic E-state index is -0.545. The van der Waals surface area contributed by atoms with Crippen molar-refractivity contribution >= 4 is 12.1 Å². The van der Waals surface area contributed by atoms with E-state index in [0.717, 1.165) is 122 Å². The molecule has 0 aliphatic rings. The highest BCUT2D eigenvalue weighted by Gasteiger charge is 2.14. The first kappa shape index (κ1) is 48.4. The average Bonchev–Trinajstić information content (AvgIpc) is 3.11. The van der Waals surface area contributed by atoms with Crippen molar-refractivity contribution in [3.8, 4) is 0 Å². The van der Waals surface area contributed by atoms with Gasteiger partial charge in [0.25, 0.3) is 0 Å². The van der Waals surface area contributed by atoms with Crippen LogP contribution in [0.2, 0.25) is 0 Å². The Hall–Kier alpha value is -1.60. The van der Waals surface area contributed by atoms with Gasteiger partial charge in [-0.1, -0.05) is 129 Å². The van der Waals surface area contributed by atoms with E-state index >= 15 is 0 Å². The quantitative estimate of drug-likeness (QED) is 0.0386. The van der Waals surface area contributed by atoms with Crippen molar-refractivity contribution in [3.05, 3.63) is 12.2 Å². The zero-order valence-electron chi connectivity index (χ0n) is 33.4. The molecule has 0 heterocycles. The molecule has 1 N–H and O–H groups in total. The van der Waals surface area contributed by atoms with Gasteiger partial charge in [-0.25, -0.2) is 4.79 Å². The molecule has 0 aromatic heterocycles.